The van der Waals surface area contributed by atoms with E-state index in [9.17, 15) is 9.59 Å². The van der Waals surface area contributed by atoms with E-state index in [1.165, 1.54) is 0 Å². The van der Waals surface area contributed by atoms with Gasteiger partial charge in [0.05, 0.1) is 24.3 Å². The maximum absolute atomic E-state index is 12.8. The number of esters is 2. The molecule has 1 unspecified atom stereocenters. The first kappa shape index (κ1) is 26.8. The van der Waals surface area contributed by atoms with Crippen molar-refractivity contribution >= 4 is 11.9 Å². The van der Waals surface area contributed by atoms with Crippen molar-refractivity contribution in [3.05, 3.63) is 95.6 Å². The van der Waals surface area contributed by atoms with Gasteiger partial charge >= 0.3 is 11.9 Å². The minimum absolute atomic E-state index is 0.110. The monoisotopic (exact) mass is 490 g/mol. The van der Waals surface area contributed by atoms with Crippen molar-refractivity contribution in [3.63, 3.8) is 0 Å². The molecule has 0 bridgehead atoms. The van der Waals surface area contributed by atoms with Gasteiger partial charge < -0.3 is 18.9 Å². The lowest BCUT2D eigenvalue weighted by atomic mass is 10.1. The Morgan fingerprint density at radius 1 is 0.667 bits per heavy atom. The van der Waals surface area contributed by atoms with Crippen molar-refractivity contribution in [2.24, 2.45) is 0 Å². The Kier molecular flexibility index (Phi) is 10.8. The van der Waals surface area contributed by atoms with Crippen LogP contribution in [0.4, 0.5) is 0 Å². The van der Waals surface area contributed by atoms with Crippen molar-refractivity contribution in [3.8, 4) is 11.5 Å². The van der Waals surface area contributed by atoms with E-state index in [-0.39, 0.29) is 6.61 Å². The first-order valence-corrected chi connectivity index (χ1v) is 12.5. The third kappa shape index (κ3) is 8.45. The van der Waals surface area contributed by atoms with Crippen LogP contribution in [0.2, 0.25) is 0 Å². The molecule has 0 fully saturated rings. The Hall–Kier alpha value is -3.80. The second kappa shape index (κ2) is 14.6. The standard InChI is InChI=1S/C30H34O6/c1-3-5-20-33-26-16-12-24(13-17-26)29(31)35-22-28(23-10-8-7-9-11-23)36-30(32)25-14-18-27(19-15-25)34-21-6-4-2/h7-19,28H,3-6,20-22H2,1-2H3. The molecule has 6 nitrogen and oxygen atoms in total. The molecule has 0 aromatic heterocycles. The van der Waals surface area contributed by atoms with Crippen LogP contribution in [0.5, 0.6) is 11.5 Å². The third-order valence-corrected chi connectivity index (χ3v) is 5.50. The summed E-state index contributed by atoms with van der Waals surface area (Å²) in [6, 6.07) is 22.9. The minimum Gasteiger partial charge on any atom is -0.494 e. The van der Waals surface area contributed by atoms with E-state index in [0.29, 0.717) is 35.8 Å². The maximum Gasteiger partial charge on any atom is 0.338 e. The van der Waals surface area contributed by atoms with Gasteiger partial charge in [0.2, 0.25) is 0 Å². The number of hydrogen-bond acceptors (Lipinski definition) is 6. The van der Waals surface area contributed by atoms with E-state index < -0.39 is 18.0 Å². The van der Waals surface area contributed by atoms with Crippen LogP contribution in [0.3, 0.4) is 0 Å². The third-order valence-electron chi connectivity index (χ3n) is 5.50. The van der Waals surface area contributed by atoms with Gasteiger partial charge in [0.15, 0.2) is 6.10 Å². The van der Waals surface area contributed by atoms with Crippen molar-refractivity contribution in [2.45, 2.75) is 45.6 Å². The summed E-state index contributed by atoms with van der Waals surface area (Å²) in [6.07, 6.45) is 3.29. The molecule has 6 heteroatoms. The van der Waals surface area contributed by atoms with E-state index in [0.717, 1.165) is 31.2 Å². The van der Waals surface area contributed by atoms with Gasteiger partial charge in [-0.05, 0) is 66.9 Å². The quantitative estimate of drug-likeness (QED) is 0.183. The summed E-state index contributed by atoms with van der Waals surface area (Å²) in [5.74, 6) is 0.405. The molecule has 36 heavy (non-hydrogen) atoms. The number of rotatable bonds is 14. The van der Waals surface area contributed by atoms with Crippen LogP contribution in [-0.2, 0) is 9.47 Å². The van der Waals surface area contributed by atoms with Gasteiger partial charge in [-0.3, -0.25) is 0 Å². The molecule has 0 saturated heterocycles. The van der Waals surface area contributed by atoms with Crippen LogP contribution in [-0.4, -0.2) is 31.8 Å². The first-order valence-electron chi connectivity index (χ1n) is 12.5. The zero-order valence-electron chi connectivity index (χ0n) is 21.0. The molecular weight excluding hydrogens is 456 g/mol. The number of benzene rings is 3. The molecule has 0 spiro atoms. The van der Waals surface area contributed by atoms with Crippen LogP contribution in [0.1, 0.15) is 71.9 Å². The summed E-state index contributed by atoms with van der Waals surface area (Å²) in [4.78, 5) is 25.5. The highest BCUT2D eigenvalue weighted by Gasteiger charge is 2.21. The fraction of sp³-hybridized carbons (Fsp3) is 0.333. The maximum atomic E-state index is 12.8. The Bertz CT molecular complexity index is 1060. The molecule has 0 aliphatic carbocycles. The Morgan fingerprint density at radius 2 is 1.17 bits per heavy atom. The van der Waals surface area contributed by atoms with Crippen LogP contribution in [0.25, 0.3) is 0 Å². The fourth-order valence-electron chi connectivity index (χ4n) is 3.34. The SMILES string of the molecule is CCCCOc1ccc(C(=O)OCC(OC(=O)c2ccc(OCCCC)cc2)c2ccccc2)cc1. The number of hydrogen-bond donors (Lipinski definition) is 0. The lowest BCUT2D eigenvalue weighted by Crippen LogP contribution is -2.19. The van der Waals surface area contributed by atoms with Gasteiger partial charge in [-0.2, -0.15) is 0 Å². The Labute approximate surface area is 213 Å². The predicted octanol–water partition coefficient (Wildman–Crippen LogP) is 6.80. The molecule has 190 valence electrons. The molecule has 3 rings (SSSR count). The van der Waals surface area contributed by atoms with E-state index in [1.54, 1.807) is 48.5 Å². The summed E-state index contributed by atoms with van der Waals surface area (Å²) in [7, 11) is 0. The van der Waals surface area contributed by atoms with Crippen molar-refractivity contribution in [1.29, 1.82) is 0 Å². The van der Waals surface area contributed by atoms with Crippen LogP contribution < -0.4 is 9.47 Å². The van der Waals surface area contributed by atoms with Crippen LogP contribution in [0.15, 0.2) is 78.9 Å². The minimum atomic E-state index is -0.750. The molecule has 0 aliphatic rings. The normalized spacial score (nSPS) is 11.4. The zero-order valence-corrected chi connectivity index (χ0v) is 21.0. The van der Waals surface area contributed by atoms with Crippen LogP contribution in [0, 0.1) is 0 Å². The number of carbonyl (C=O) groups is 2. The Morgan fingerprint density at radius 3 is 1.67 bits per heavy atom. The van der Waals surface area contributed by atoms with Gasteiger partial charge in [0, 0.05) is 0 Å². The summed E-state index contributed by atoms with van der Waals surface area (Å²) in [6.45, 7) is 5.36. The highest BCUT2D eigenvalue weighted by Crippen LogP contribution is 2.22. The lowest BCUT2D eigenvalue weighted by Gasteiger charge is -2.19. The molecule has 1 atom stereocenters. The lowest BCUT2D eigenvalue weighted by molar-refractivity contribution is -0.00134. The summed E-state index contributed by atoms with van der Waals surface area (Å²) < 4.78 is 22.6. The summed E-state index contributed by atoms with van der Waals surface area (Å²) in [5.41, 5.74) is 1.52. The molecular formula is C30H34O6. The van der Waals surface area contributed by atoms with Crippen molar-refractivity contribution in [2.75, 3.05) is 19.8 Å². The fourth-order valence-corrected chi connectivity index (χ4v) is 3.34. The number of carbonyl (C=O) groups excluding carboxylic acids is 2. The largest absolute Gasteiger partial charge is 0.494 e. The average molecular weight is 491 g/mol. The topological polar surface area (TPSA) is 71.1 Å². The van der Waals surface area contributed by atoms with E-state index in [2.05, 4.69) is 13.8 Å². The van der Waals surface area contributed by atoms with Gasteiger partial charge in [-0.25, -0.2) is 9.59 Å². The molecule has 3 aromatic carbocycles. The number of ether oxygens (including phenoxy) is 4. The highest BCUT2D eigenvalue weighted by molar-refractivity contribution is 5.90. The average Bonchev–Trinajstić information content (AvgIpc) is 2.92. The Balaban J connectivity index is 1.61. The van der Waals surface area contributed by atoms with Crippen LogP contribution >= 0.6 is 0 Å². The van der Waals surface area contributed by atoms with Crippen molar-refractivity contribution in [1.82, 2.24) is 0 Å². The van der Waals surface area contributed by atoms with Crippen molar-refractivity contribution < 1.29 is 28.5 Å². The number of unbranched alkanes of at least 4 members (excludes halogenated alkanes) is 2. The molecule has 0 radical (unpaired) electrons. The molecule has 0 aliphatic heterocycles. The highest BCUT2D eigenvalue weighted by atomic mass is 16.6. The van der Waals surface area contributed by atoms with E-state index in [1.807, 2.05) is 30.3 Å². The van der Waals surface area contributed by atoms with Gasteiger partial charge in [-0.1, -0.05) is 57.0 Å². The molecule has 0 amide bonds. The first-order chi connectivity index (χ1) is 17.6. The van der Waals surface area contributed by atoms with E-state index >= 15 is 0 Å². The van der Waals surface area contributed by atoms with E-state index in [4.69, 9.17) is 18.9 Å². The van der Waals surface area contributed by atoms with Gasteiger partial charge in [0.1, 0.15) is 18.1 Å². The van der Waals surface area contributed by atoms with Gasteiger partial charge in [0.25, 0.3) is 0 Å². The molecule has 0 heterocycles. The molecule has 0 saturated carbocycles. The molecule has 3 aromatic rings. The summed E-state index contributed by atoms with van der Waals surface area (Å²) in [5, 5.41) is 0. The second-order valence-electron chi connectivity index (χ2n) is 8.36. The van der Waals surface area contributed by atoms with Gasteiger partial charge in [-0.15, -0.1) is 0 Å². The second-order valence-corrected chi connectivity index (χ2v) is 8.36. The predicted molar refractivity (Wildman–Crippen MR) is 139 cm³/mol. The summed E-state index contributed by atoms with van der Waals surface area (Å²) >= 11 is 0. The molecule has 0 N–H and O–H groups in total. The zero-order chi connectivity index (χ0) is 25.6. The smallest absolute Gasteiger partial charge is 0.338 e.